The fourth-order valence-corrected chi connectivity index (χ4v) is 3.46. The number of hydrogen-bond donors (Lipinski definition) is 2. The fourth-order valence-electron chi connectivity index (χ4n) is 3.46. The molecule has 0 aromatic heterocycles. The van der Waals surface area contributed by atoms with Gasteiger partial charge in [-0.05, 0) is 36.9 Å². The average Bonchev–Trinajstić information content (AvgIpc) is 2.73. The lowest BCUT2D eigenvalue weighted by molar-refractivity contribution is -0.108. The van der Waals surface area contributed by atoms with Gasteiger partial charge in [-0.1, -0.05) is 60.7 Å². The summed E-state index contributed by atoms with van der Waals surface area (Å²) < 4.78 is 38.1. The van der Waals surface area contributed by atoms with Gasteiger partial charge in [-0.25, -0.2) is 0 Å². The summed E-state index contributed by atoms with van der Waals surface area (Å²) in [4.78, 5) is 12.9. The number of carbonyl (C=O) groups is 1. The monoisotopic (exact) mass is 435 g/mol. The van der Waals surface area contributed by atoms with Gasteiger partial charge in [0.15, 0.2) is 0 Å². The molecule has 1 aliphatic heterocycles. The number of benzene rings is 2. The van der Waals surface area contributed by atoms with Crippen LogP contribution >= 0.6 is 0 Å². The van der Waals surface area contributed by atoms with E-state index in [0.717, 1.165) is 45.2 Å². The van der Waals surface area contributed by atoms with Crippen molar-refractivity contribution in [3.63, 3.8) is 0 Å². The third-order valence-corrected chi connectivity index (χ3v) is 4.86. The Morgan fingerprint density at radius 3 is 1.87 bits per heavy atom. The van der Waals surface area contributed by atoms with Crippen molar-refractivity contribution in [2.24, 2.45) is 0 Å². The van der Waals surface area contributed by atoms with Crippen LogP contribution in [0.4, 0.5) is 0 Å². The van der Waals surface area contributed by atoms with Crippen molar-refractivity contribution in [1.29, 1.82) is 0 Å². The van der Waals surface area contributed by atoms with E-state index in [9.17, 15) is 4.79 Å². The second kappa shape index (κ2) is 12.6. The van der Waals surface area contributed by atoms with E-state index < -0.39 is 10.4 Å². The number of nitrogens with zero attached hydrogens (tertiary/aromatic N) is 1. The van der Waals surface area contributed by atoms with Crippen LogP contribution in [0.1, 0.15) is 42.9 Å². The van der Waals surface area contributed by atoms with Crippen molar-refractivity contribution in [2.45, 2.75) is 37.9 Å². The summed E-state index contributed by atoms with van der Waals surface area (Å²) in [6.07, 6.45) is 5.03. The number of likely N-dealkylation sites (tertiary alicyclic amines) is 1. The van der Waals surface area contributed by atoms with Gasteiger partial charge in [-0.15, -0.1) is 0 Å². The molecule has 0 spiro atoms. The lowest BCUT2D eigenvalue weighted by atomic mass is 10.00. The number of piperidine rings is 1. The number of rotatable bonds is 8. The Morgan fingerprint density at radius 2 is 1.43 bits per heavy atom. The molecule has 0 atom stereocenters. The Balaban J connectivity index is 0.000000575. The molecule has 0 amide bonds. The summed E-state index contributed by atoms with van der Waals surface area (Å²) in [6.45, 7) is 3.13. The first-order valence-corrected chi connectivity index (χ1v) is 11.4. The molecule has 0 saturated carbocycles. The van der Waals surface area contributed by atoms with Crippen molar-refractivity contribution in [3.05, 3.63) is 71.8 Å². The third-order valence-electron chi connectivity index (χ3n) is 4.86. The second-order valence-corrected chi connectivity index (χ2v) is 8.03. The molecular formula is C22H29NO6S. The molecule has 1 aliphatic rings. The molecule has 0 aliphatic carbocycles. The molecule has 164 valence electrons. The first kappa shape index (κ1) is 24.2. The standard InChI is InChI=1S/C22H27NO2.H2O4S/c24-18-8-7-15-23-16-13-21(14-17-23)25-22(19-9-3-1-4-10-19)20-11-5-2-6-12-20;1-5(2,3)4/h1-6,9-12,18,21-22H,7-8,13-17H2;(H2,1,2,3,4). The molecular weight excluding hydrogens is 406 g/mol. The SMILES string of the molecule is O=CCCCN1CCC(OC(c2ccccc2)c2ccccc2)CC1.O=S(=O)(O)O. The molecule has 2 aromatic carbocycles. The van der Waals surface area contributed by atoms with Crippen LogP contribution in [0.5, 0.6) is 0 Å². The third kappa shape index (κ3) is 9.60. The topological polar surface area (TPSA) is 104 Å². The number of ether oxygens (including phenoxy) is 1. The van der Waals surface area contributed by atoms with Gasteiger partial charge in [0, 0.05) is 19.5 Å². The van der Waals surface area contributed by atoms with E-state index in [1.807, 2.05) is 12.1 Å². The Labute approximate surface area is 178 Å². The summed E-state index contributed by atoms with van der Waals surface area (Å²) in [7, 11) is -4.67. The van der Waals surface area contributed by atoms with Crippen LogP contribution in [0.25, 0.3) is 0 Å². The maximum absolute atomic E-state index is 10.5. The molecule has 1 fully saturated rings. The van der Waals surface area contributed by atoms with E-state index in [0.29, 0.717) is 6.42 Å². The highest BCUT2D eigenvalue weighted by molar-refractivity contribution is 7.79. The van der Waals surface area contributed by atoms with Crippen LogP contribution in [0.3, 0.4) is 0 Å². The van der Waals surface area contributed by atoms with E-state index in [4.69, 9.17) is 22.3 Å². The van der Waals surface area contributed by atoms with Gasteiger partial charge in [-0.3, -0.25) is 9.11 Å². The van der Waals surface area contributed by atoms with Gasteiger partial charge in [0.05, 0.1) is 6.10 Å². The van der Waals surface area contributed by atoms with Gasteiger partial charge in [0.25, 0.3) is 0 Å². The highest BCUT2D eigenvalue weighted by atomic mass is 32.3. The van der Waals surface area contributed by atoms with E-state index in [2.05, 4.69) is 53.4 Å². The van der Waals surface area contributed by atoms with Crippen molar-refractivity contribution in [3.8, 4) is 0 Å². The zero-order valence-electron chi connectivity index (χ0n) is 16.8. The summed E-state index contributed by atoms with van der Waals surface area (Å²) in [5, 5.41) is 0. The van der Waals surface area contributed by atoms with Crippen LogP contribution in [-0.2, 0) is 19.9 Å². The van der Waals surface area contributed by atoms with Gasteiger partial charge < -0.3 is 14.4 Å². The molecule has 0 bridgehead atoms. The summed E-state index contributed by atoms with van der Waals surface area (Å²) >= 11 is 0. The van der Waals surface area contributed by atoms with E-state index in [1.165, 1.54) is 11.1 Å². The molecule has 1 saturated heterocycles. The predicted octanol–water partition coefficient (Wildman–Crippen LogP) is 3.58. The minimum absolute atomic E-state index is 0.00554. The summed E-state index contributed by atoms with van der Waals surface area (Å²) in [6, 6.07) is 21.0. The molecule has 0 unspecified atom stereocenters. The fraction of sp³-hybridized carbons (Fsp3) is 0.409. The molecule has 2 N–H and O–H groups in total. The Morgan fingerprint density at radius 1 is 0.967 bits per heavy atom. The quantitative estimate of drug-likeness (QED) is 0.371. The Kier molecular flexibility index (Phi) is 10.1. The molecule has 8 heteroatoms. The molecule has 0 radical (unpaired) electrons. The lowest BCUT2D eigenvalue weighted by Crippen LogP contribution is -2.38. The van der Waals surface area contributed by atoms with Crippen molar-refractivity contribution < 1.29 is 27.1 Å². The van der Waals surface area contributed by atoms with Crippen molar-refractivity contribution >= 4 is 16.7 Å². The van der Waals surface area contributed by atoms with Crippen molar-refractivity contribution in [2.75, 3.05) is 19.6 Å². The number of hydrogen-bond acceptors (Lipinski definition) is 5. The van der Waals surface area contributed by atoms with Crippen LogP contribution < -0.4 is 0 Å². The van der Waals surface area contributed by atoms with E-state index >= 15 is 0 Å². The Bertz CT molecular complexity index is 789. The highest BCUT2D eigenvalue weighted by Crippen LogP contribution is 2.29. The molecule has 1 heterocycles. The minimum Gasteiger partial charge on any atom is -0.365 e. The van der Waals surface area contributed by atoms with Crippen LogP contribution in [0, 0.1) is 0 Å². The van der Waals surface area contributed by atoms with E-state index in [-0.39, 0.29) is 12.2 Å². The van der Waals surface area contributed by atoms with Crippen LogP contribution in [0.2, 0.25) is 0 Å². The largest absolute Gasteiger partial charge is 0.394 e. The zero-order chi connectivity index (χ0) is 21.8. The first-order chi connectivity index (χ1) is 14.4. The molecule has 7 nitrogen and oxygen atoms in total. The lowest BCUT2D eigenvalue weighted by Gasteiger charge is -2.34. The maximum atomic E-state index is 10.5. The molecule has 30 heavy (non-hydrogen) atoms. The normalized spacial score (nSPS) is 15.4. The number of aldehydes is 1. The van der Waals surface area contributed by atoms with E-state index in [1.54, 1.807) is 0 Å². The van der Waals surface area contributed by atoms with Crippen molar-refractivity contribution in [1.82, 2.24) is 4.90 Å². The maximum Gasteiger partial charge on any atom is 0.394 e. The zero-order valence-corrected chi connectivity index (χ0v) is 17.7. The summed E-state index contributed by atoms with van der Waals surface area (Å²) in [5.41, 5.74) is 2.42. The number of unbranched alkanes of at least 4 members (excludes halogenated alkanes) is 1. The van der Waals surface area contributed by atoms with Gasteiger partial charge in [-0.2, -0.15) is 8.42 Å². The van der Waals surface area contributed by atoms with Gasteiger partial charge in [0.1, 0.15) is 12.4 Å². The second-order valence-electron chi connectivity index (χ2n) is 7.14. The Hall–Kier alpha value is -2.10. The molecule has 3 rings (SSSR count). The average molecular weight is 436 g/mol. The number of carbonyl (C=O) groups excluding carboxylic acids is 1. The smallest absolute Gasteiger partial charge is 0.365 e. The van der Waals surface area contributed by atoms with Crippen LogP contribution in [-0.4, -0.2) is 54.4 Å². The van der Waals surface area contributed by atoms with Crippen LogP contribution in [0.15, 0.2) is 60.7 Å². The molecule has 2 aromatic rings. The minimum atomic E-state index is -4.67. The first-order valence-electron chi connectivity index (χ1n) is 9.98. The predicted molar refractivity (Wildman–Crippen MR) is 115 cm³/mol. The summed E-state index contributed by atoms with van der Waals surface area (Å²) in [5.74, 6) is 0. The highest BCUT2D eigenvalue weighted by Gasteiger charge is 2.24. The van der Waals surface area contributed by atoms with Gasteiger partial charge >= 0.3 is 10.4 Å². The van der Waals surface area contributed by atoms with Gasteiger partial charge in [0.2, 0.25) is 0 Å².